The summed E-state index contributed by atoms with van der Waals surface area (Å²) in [5, 5.41) is 5.23. The van der Waals surface area contributed by atoms with Gasteiger partial charge in [0.15, 0.2) is 0 Å². The molecule has 0 radical (unpaired) electrons. The van der Waals surface area contributed by atoms with Gasteiger partial charge in [-0.25, -0.2) is 4.79 Å². The highest BCUT2D eigenvalue weighted by atomic mass is 16.6. The number of amides is 2. The SMILES string of the molecule is COC(=O)CCCNC(=O)C(CCCN)NC(=O)OC(C)(C)C. The Balaban J connectivity index is 4.37. The fourth-order valence-electron chi connectivity index (χ4n) is 1.71. The quantitative estimate of drug-likeness (QED) is 0.422. The van der Waals surface area contributed by atoms with Crippen LogP contribution >= 0.6 is 0 Å². The Hall–Kier alpha value is -1.83. The summed E-state index contributed by atoms with van der Waals surface area (Å²) in [6, 6.07) is -0.716. The first kappa shape index (κ1) is 21.2. The van der Waals surface area contributed by atoms with Crippen molar-refractivity contribution in [1.82, 2.24) is 10.6 Å². The van der Waals surface area contributed by atoms with Crippen LogP contribution in [0.2, 0.25) is 0 Å². The van der Waals surface area contributed by atoms with Crippen LogP contribution in [0.5, 0.6) is 0 Å². The highest BCUT2D eigenvalue weighted by molar-refractivity contribution is 5.85. The van der Waals surface area contributed by atoms with Crippen molar-refractivity contribution in [3.8, 4) is 0 Å². The predicted octanol–water partition coefficient (Wildman–Crippen LogP) is 0.688. The smallest absolute Gasteiger partial charge is 0.408 e. The number of esters is 1. The van der Waals surface area contributed by atoms with Crippen molar-refractivity contribution in [3.63, 3.8) is 0 Å². The van der Waals surface area contributed by atoms with Crippen LogP contribution in [0.4, 0.5) is 4.79 Å². The van der Waals surface area contributed by atoms with E-state index in [9.17, 15) is 14.4 Å². The Morgan fingerprint density at radius 3 is 2.35 bits per heavy atom. The molecular weight excluding hydrogens is 302 g/mol. The van der Waals surface area contributed by atoms with Gasteiger partial charge in [0.05, 0.1) is 7.11 Å². The van der Waals surface area contributed by atoms with Crippen molar-refractivity contribution in [2.75, 3.05) is 20.2 Å². The zero-order valence-electron chi connectivity index (χ0n) is 14.4. The Morgan fingerprint density at radius 2 is 1.83 bits per heavy atom. The third-order valence-corrected chi connectivity index (χ3v) is 2.79. The maximum absolute atomic E-state index is 12.1. The van der Waals surface area contributed by atoms with Crippen LogP contribution in [0.3, 0.4) is 0 Å². The summed E-state index contributed by atoms with van der Waals surface area (Å²) >= 11 is 0. The van der Waals surface area contributed by atoms with E-state index in [1.807, 2.05) is 0 Å². The lowest BCUT2D eigenvalue weighted by atomic mass is 10.1. The van der Waals surface area contributed by atoms with Crippen molar-refractivity contribution in [1.29, 1.82) is 0 Å². The molecule has 0 aliphatic heterocycles. The van der Waals surface area contributed by atoms with Crippen molar-refractivity contribution in [3.05, 3.63) is 0 Å². The van der Waals surface area contributed by atoms with Gasteiger partial charge in [0, 0.05) is 13.0 Å². The van der Waals surface area contributed by atoms with Gasteiger partial charge in [-0.2, -0.15) is 0 Å². The van der Waals surface area contributed by atoms with Crippen LogP contribution < -0.4 is 16.4 Å². The van der Waals surface area contributed by atoms with Gasteiger partial charge in [-0.05, 0) is 46.6 Å². The highest BCUT2D eigenvalue weighted by Crippen LogP contribution is 2.07. The standard InChI is InChI=1S/C15H29N3O5/c1-15(2,3)23-14(21)18-11(7-5-9-16)13(20)17-10-6-8-12(19)22-4/h11H,5-10,16H2,1-4H3,(H,17,20)(H,18,21). The number of nitrogens with one attached hydrogen (secondary N) is 2. The molecule has 0 saturated heterocycles. The molecule has 1 unspecified atom stereocenters. The summed E-state index contributed by atoms with van der Waals surface area (Å²) in [5.74, 6) is -0.653. The first-order valence-electron chi connectivity index (χ1n) is 7.73. The molecule has 0 bridgehead atoms. The third kappa shape index (κ3) is 11.4. The van der Waals surface area contributed by atoms with E-state index in [0.717, 1.165) is 0 Å². The Kier molecular flexibility index (Phi) is 9.96. The molecule has 134 valence electrons. The number of nitrogens with two attached hydrogens (primary N) is 1. The summed E-state index contributed by atoms with van der Waals surface area (Å²) < 4.78 is 9.67. The first-order chi connectivity index (χ1) is 10.7. The molecule has 2 amide bonds. The molecule has 8 heteroatoms. The minimum atomic E-state index is -0.716. The summed E-state index contributed by atoms with van der Waals surface area (Å²) in [4.78, 5) is 34.9. The van der Waals surface area contributed by atoms with Gasteiger partial charge in [-0.1, -0.05) is 0 Å². The molecule has 0 rings (SSSR count). The van der Waals surface area contributed by atoms with E-state index in [-0.39, 0.29) is 18.3 Å². The number of methoxy groups -OCH3 is 1. The second-order valence-electron chi connectivity index (χ2n) is 6.10. The van der Waals surface area contributed by atoms with Gasteiger partial charge in [0.2, 0.25) is 5.91 Å². The van der Waals surface area contributed by atoms with E-state index >= 15 is 0 Å². The average Bonchev–Trinajstić information content (AvgIpc) is 2.45. The molecule has 0 aliphatic rings. The van der Waals surface area contributed by atoms with E-state index in [1.165, 1.54) is 7.11 Å². The van der Waals surface area contributed by atoms with E-state index in [2.05, 4.69) is 15.4 Å². The zero-order chi connectivity index (χ0) is 17.9. The molecule has 1 atom stereocenters. The summed E-state index contributed by atoms with van der Waals surface area (Å²) in [6.07, 6.45) is 1.05. The molecule has 8 nitrogen and oxygen atoms in total. The number of carbonyl (C=O) groups is 3. The Labute approximate surface area is 137 Å². The molecule has 0 spiro atoms. The number of carbonyl (C=O) groups excluding carboxylic acids is 3. The molecule has 4 N–H and O–H groups in total. The normalized spacial score (nSPS) is 12.2. The maximum atomic E-state index is 12.1. The fourth-order valence-corrected chi connectivity index (χ4v) is 1.71. The van der Waals surface area contributed by atoms with E-state index in [0.29, 0.717) is 32.4 Å². The zero-order valence-corrected chi connectivity index (χ0v) is 14.4. The average molecular weight is 331 g/mol. The lowest BCUT2D eigenvalue weighted by Gasteiger charge is -2.23. The van der Waals surface area contributed by atoms with Gasteiger partial charge < -0.3 is 25.8 Å². The van der Waals surface area contributed by atoms with Gasteiger partial charge >= 0.3 is 12.1 Å². The molecule has 0 heterocycles. The fraction of sp³-hybridized carbons (Fsp3) is 0.800. The van der Waals surface area contributed by atoms with Crippen molar-refractivity contribution < 1.29 is 23.9 Å². The van der Waals surface area contributed by atoms with E-state index in [1.54, 1.807) is 20.8 Å². The van der Waals surface area contributed by atoms with Crippen LogP contribution in [0, 0.1) is 0 Å². The van der Waals surface area contributed by atoms with Crippen LogP contribution in [0.15, 0.2) is 0 Å². The molecule has 0 aromatic rings. The van der Waals surface area contributed by atoms with E-state index < -0.39 is 17.7 Å². The predicted molar refractivity (Wildman–Crippen MR) is 85.7 cm³/mol. The molecule has 0 aromatic carbocycles. The Morgan fingerprint density at radius 1 is 1.17 bits per heavy atom. The second-order valence-corrected chi connectivity index (χ2v) is 6.10. The highest BCUT2D eigenvalue weighted by Gasteiger charge is 2.23. The topological polar surface area (TPSA) is 120 Å². The second kappa shape index (κ2) is 10.8. The van der Waals surface area contributed by atoms with Crippen LogP contribution in [-0.4, -0.2) is 49.8 Å². The molecule has 0 fully saturated rings. The summed E-state index contributed by atoms with van der Waals surface area (Å²) in [5.41, 5.74) is 4.81. The third-order valence-electron chi connectivity index (χ3n) is 2.79. The number of rotatable bonds is 9. The first-order valence-corrected chi connectivity index (χ1v) is 7.73. The van der Waals surface area contributed by atoms with Gasteiger partial charge in [0.25, 0.3) is 0 Å². The number of hydrogen-bond donors (Lipinski definition) is 3. The minimum Gasteiger partial charge on any atom is -0.469 e. The number of alkyl carbamates (subject to hydrolysis) is 1. The van der Waals surface area contributed by atoms with Gasteiger partial charge in [0.1, 0.15) is 11.6 Å². The maximum Gasteiger partial charge on any atom is 0.408 e. The lowest BCUT2D eigenvalue weighted by molar-refractivity contribution is -0.140. The van der Waals surface area contributed by atoms with E-state index in [4.69, 9.17) is 10.5 Å². The van der Waals surface area contributed by atoms with Crippen molar-refractivity contribution in [2.45, 2.75) is 58.1 Å². The van der Waals surface area contributed by atoms with Gasteiger partial charge in [-0.3, -0.25) is 9.59 Å². The van der Waals surface area contributed by atoms with Crippen molar-refractivity contribution >= 4 is 18.0 Å². The molecule has 0 aliphatic carbocycles. The molecule has 23 heavy (non-hydrogen) atoms. The monoisotopic (exact) mass is 331 g/mol. The van der Waals surface area contributed by atoms with Crippen LogP contribution in [0.1, 0.15) is 46.5 Å². The Bertz CT molecular complexity index is 393. The largest absolute Gasteiger partial charge is 0.469 e. The summed E-state index contributed by atoms with van der Waals surface area (Å²) in [6.45, 7) is 5.97. The van der Waals surface area contributed by atoms with Crippen LogP contribution in [-0.2, 0) is 19.1 Å². The molecule has 0 aromatic heterocycles. The molecule has 0 saturated carbocycles. The lowest BCUT2D eigenvalue weighted by Crippen LogP contribution is -2.48. The molecular formula is C15H29N3O5. The minimum absolute atomic E-state index is 0.226. The van der Waals surface area contributed by atoms with Gasteiger partial charge in [-0.15, -0.1) is 0 Å². The number of hydrogen-bond acceptors (Lipinski definition) is 6. The van der Waals surface area contributed by atoms with Crippen LogP contribution in [0.25, 0.3) is 0 Å². The number of ether oxygens (including phenoxy) is 2. The van der Waals surface area contributed by atoms with Crippen molar-refractivity contribution in [2.24, 2.45) is 5.73 Å². The summed E-state index contributed by atoms with van der Waals surface area (Å²) in [7, 11) is 1.31.